The third-order valence-electron chi connectivity index (χ3n) is 5.06. The maximum Gasteiger partial charge on any atom is 0.243 e. The first-order valence-corrected chi connectivity index (χ1v) is 11.2. The summed E-state index contributed by atoms with van der Waals surface area (Å²) in [6, 6.07) is 21.6. The predicted octanol–water partition coefficient (Wildman–Crippen LogP) is 4.44. The molecule has 0 bridgehead atoms. The van der Waals surface area contributed by atoms with Crippen LogP contribution in [0.15, 0.2) is 77.7 Å². The van der Waals surface area contributed by atoms with Crippen molar-refractivity contribution in [2.75, 3.05) is 11.9 Å². The molecule has 5 nitrogen and oxygen atoms in total. The molecule has 0 fully saturated rings. The third kappa shape index (κ3) is 5.14. The van der Waals surface area contributed by atoms with Crippen molar-refractivity contribution < 1.29 is 13.2 Å². The molecule has 1 amide bonds. The minimum atomic E-state index is -3.85. The van der Waals surface area contributed by atoms with E-state index < -0.39 is 10.0 Å². The molecule has 3 aromatic rings. The SMILES string of the molecule is Cc1ccc(S(=O)(=O)N(CC(=O)Nc2cccc(C)c2C)Cc2ccccc2)cc1. The summed E-state index contributed by atoms with van der Waals surface area (Å²) in [6.07, 6.45) is 0. The fraction of sp³-hybridized carbons (Fsp3) is 0.208. The van der Waals surface area contributed by atoms with Gasteiger partial charge in [-0.15, -0.1) is 0 Å². The summed E-state index contributed by atoms with van der Waals surface area (Å²) in [7, 11) is -3.85. The number of nitrogens with one attached hydrogen (secondary N) is 1. The lowest BCUT2D eigenvalue weighted by atomic mass is 10.1. The standard InChI is InChI=1S/C24H26N2O3S/c1-18-12-14-22(15-13-18)30(28,29)26(16-21-9-5-4-6-10-21)17-24(27)25-23-11-7-8-19(2)20(23)3/h4-15H,16-17H2,1-3H3,(H,25,27). The van der Waals surface area contributed by atoms with E-state index in [9.17, 15) is 13.2 Å². The average molecular weight is 423 g/mol. The number of carbonyl (C=O) groups excluding carboxylic acids is 1. The maximum absolute atomic E-state index is 13.3. The smallest absolute Gasteiger partial charge is 0.243 e. The van der Waals surface area contributed by atoms with Crippen molar-refractivity contribution in [2.24, 2.45) is 0 Å². The second kappa shape index (κ2) is 9.24. The monoisotopic (exact) mass is 422 g/mol. The van der Waals surface area contributed by atoms with Crippen molar-refractivity contribution in [3.05, 3.63) is 95.1 Å². The molecular formula is C24H26N2O3S. The molecule has 0 saturated carbocycles. The average Bonchev–Trinajstić information content (AvgIpc) is 2.72. The number of hydrogen-bond donors (Lipinski definition) is 1. The van der Waals surface area contributed by atoms with Crippen molar-refractivity contribution in [1.82, 2.24) is 4.31 Å². The Hall–Kier alpha value is -2.96. The Bertz CT molecular complexity index is 1120. The number of carbonyl (C=O) groups is 1. The van der Waals surface area contributed by atoms with Gasteiger partial charge in [-0.25, -0.2) is 8.42 Å². The van der Waals surface area contributed by atoms with Gasteiger partial charge in [-0.2, -0.15) is 4.31 Å². The molecule has 156 valence electrons. The topological polar surface area (TPSA) is 66.5 Å². The van der Waals surface area contributed by atoms with E-state index in [1.165, 1.54) is 4.31 Å². The fourth-order valence-electron chi connectivity index (χ4n) is 3.11. The van der Waals surface area contributed by atoms with E-state index in [2.05, 4.69) is 5.32 Å². The molecule has 6 heteroatoms. The van der Waals surface area contributed by atoms with Crippen molar-refractivity contribution in [1.29, 1.82) is 0 Å². The van der Waals surface area contributed by atoms with Gasteiger partial charge >= 0.3 is 0 Å². The Balaban J connectivity index is 1.88. The van der Waals surface area contributed by atoms with Crippen LogP contribution in [-0.4, -0.2) is 25.2 Å². The quantitative estimate of drug-likeness (QED) is 0.612. The van der Waals surface area contributed by atoms with Gasteiger partial charge in [-0.1, -0.05) is 60.2 Å². The molecule has 0 aliphatic heterocycles. The van der Waals surface area contributed by atoms with Gasteiger partial charge in [0.05, 0.1) is 11.4 Å². The summed E-state index contributed by atoms with van der Waals surface area (Å²) in [5.74, 6) is -0.379. The van der Waals surface area contributed by atoms with E-state index in [4.69, 9.17) is 0 Å². The van der Waals surface area contributed by atoms with Gasteiger partial charge in [0.1, 0.15) is 0 Å². The highest BCUT2D eigenvalue weighted by Crippen LogP contribution is 2.21. The Labute approximate surface area is 178 Å². The minimum absolute atomic E-state index is 0.108. The zero-order valence-electron chi connectivity index (χ0n) is 17.4. The van der Waals surface area contributed by atoms with E-state index in [0.717, 1.165) is 22.3 Å². The molecule has 0 atom stereocenters. The molecule has 0 saturated heterocycles. The van der Waals surface area contributed by atoms with E-state index >= 15 is 0 Å². The second-order valence-corrected chi connectivity index (χ2v) is 9.31. The summed E-state index contributed by atoms with van der Waals surface area (Å²) < 4.78 is 27.8. The van der Waals surface area contributed by atoms with E-state index in [1.807, 2.05) is 69.3 Å². The first-order valence-electron chi connectivity index (χ1n) is 9.74. The van der Waals surface area contributed by atoms with Crippen LogP contribution >= 0.6 is 0 Å². The molecule has 3 aromatic carbocycles. The number of benzene rings is 3. The van der Waals surface area contributed by atoms with Gasteiger partial charge in [-0.3, -0.25) is 4.79 Å². The minimum Gasteiger partial charge on any atom is -0.325 e. The molecule has 0 radical (unpaired) electrons. The fourth-order valence-corrected chi connectivity index (χ4v) is 4.49. The summed E-state index contributed by atoms with van der Waals surface area (Å²) in [5.41, 5.74) is 4.49. The van der Waals surface area contributed by atoms with Crippen LogP contribution in [-0.2, 0) is 21.4 Å². The van der Waals surface area contributed by atoms with Crippen LogP contribution in [0.25, 0.3) is 0 Å². The van der Waals surface area contributed by atoms with Crippen LogP contribution in [0.2, 0.25) is 0 Å². The van der Waals surface area contributed by atoms with Crippen LogP contribution in [0.4, 0.5) is 5.69 Å². The van der Waals surface area contributed by atoms with Gasteiger partial charge in [0.25, 0.3) is 0 Å². The molecule has 0 aliphatic rings. The Morgan fingerprint density at radius 2 is 1.53 bits per heavy atom. The van der Waals surface area contributed by atoms with Crippen LogP contribution in [0.3, 0.4) is 0 Å². The summed E-state index contributed by atoms with van der Waals surface area (Å²) >= 11 is 0. The predicted molar refractivity (Wildman–Crippen MR) is 120 cm³/mol. The second-order valence-electron chi connectivity index (χ2n) is 7.37. The highest BCUT2D eigenvalue weighted by atomic mass is 32.2. The maximum atomic E-state index is 13.3. The van der Waals surface area contributed by atoms with E-state index in [0.29, 0.717) is 5.69 Å². The zero-order chi connectivity index (χ0) is 21.7. The first kappa shape index (κ1) is 21.7. The number of aryl methyl sites for hydroxylation is 2. The van der Waals surface area contributed by atoms with Gasteiger partial charge in [0.2, 0.25) is 15.9 Å². The normalized spacial score (nSPS) is 11.5. The van der Waals surface area contributed by atoms with Crippen molar-refractivity contribution >= 4 is 21.6 Å². The summed E-state index contributed by atoms with van der Waals surface area (Å²) in [5, 5.41) is 2.85. The van der Waals surface area contributed by atoms with Crippen molar-refractivity contribution in [2.45, 2.75) is 32.2 Å². The Morgan fingerprint density at radius 3 is 2.20 bits per heavy atom. The van der Waals surface area contributed by atoms with Crippen molar-refractivity contribution in [3.63, 3.8) is 0 Å². The molecule has 30 heavy (non-hydrogen) atoms. The third-order valence-corrected chi connectivity index (χ3v) is 6.87. The zero-order valence-corrected chi connectivity index (χ0v) is 18.2. The Morgan fingerprint density at radius 1 is 0.867 bits per heavy atom. The molecule has 0 heterocycles. The first-order chi connectivity index (χ1) is 14.3. The largest absolute Gasteiger partial charge is 0.325 e. The number of anilines is 1. The van der Waals surface area contributed by atoms with Crippen LogP contribution in [0.1, 0.15) is 22.3 Å². The van der Waals surface area contributed by atoms with E-state index in [1.54, 1.807) is 24.3 Å². The number of hydrogen-bond acceptors (Lipinski definition) is 3. The molecule has 1 N–H and O–H groups in total. The number of sulfonamides is 1. The molecule has 0 aromatic heterocycles. The van der Waals surface area contributed by atoms with Gasteiger partial charge in [-0.05, 0) is 55.7 Å². The molecule has 0 aliphatic carbocycles. The lowest BCUT2D eigenvalue weighted by Gasteiger charge is -2.22. The highest BCUT2D eigenvalue weighted by Gasteiger charge is 2.27. The number of amides is 1. The molecule has 0 unspecified atom stereocenters. The Kier molecular flexibility index (Phi) is 6.70. The van der Waals surface area contributed by atoms with E-state index in [-0.39, 0.29) is 23.9 Å². The molecule has 3 rings (SSSR count). The van der Waals surface area contributed by atoms with Crippen LogP contribution in [0, 0.1) is 20.8 Å². The van der Waals surface area contributed by atoms with Gasteiger partial charge < -0.3 is 5.32 Å². The lowest BCUT2D eigenvalue weighted by molar-refractivity contribution is -0.116. The van der Waals surface area contributed by atoms with Gasteiger partial charge in [0, 0.05) is 12.2 Å². The van der Waals surface area contributed by atoms with Gasteiger partial charge in [0.15, 0.2) is 0 Å². The van der Waals surface area contributed by atoms with Crippen molar-refractivity contribution in [3.8, 4) is 0 Å². The number of nitrogens with zero attached hydrogens (tertiary/aromatic N) is 1. The molecule has 0 spiro atoms. The lowest BCUT2D eigenvalue weighted by Crippen LogP contribution is -2.37. The van der Waals surface area contributed by atoms with Crippen LogP contribution < -0.4 is 5.32 Å². The number of rotatable bonds is 7. The summed E-state index contributed by atoms with van der Waals surface area (Å²) in [4.78, 5) is 13.0. The highest BCUT2D eigenvalue weighted by molar-refractivity contribution is 7.89. The summed E-state index contributed by atoms with van der Waals surface area (Å²) in [6.45, 7) is 5.62. The molecular weight excluding hydrogens is 396 g/mol. The van der Waals surface area contributed by atoms with Crippen LogP contribution in [0.5, 0.6) is 0 Å².